The first-order chi connectivity index (χ1) is 13.8. The SMILES string of the molecule is O=C(c1ccc2ncsc2c1)N(Cc1cccc2c1OCO2)C1CCCCC1. The Balaban J connectivity index is 1.49. The lowest BCUT2D eigenvalue weighted by molar-refractivity contribution is 0.0612. The van der Waals surface area contributed by atoms with Gasteiger partial charge in [-0.3, -0.25) is 4.79 Å². The van der Waals surface area contributed by atoms with E-state index in [1.54, 1.807) is 11.3 Å². The van der Waals surface area contributed by atoms with Crippen LogP contribution in [0.5, 0.6) is 11.5 Å². The predicted octanol–water partition coefficient (Wildman–Crippen LogP) is 5.00. The number of fused-ring (bicyclic) bond motifs is 2. The van der Waals surface area contributed by atoms with E-state index >= 15 is 0 Å². The van der Waals surface area contributed by atoms with Gasteiger partial charge in [0.1, 0.15) is 0 Å². The molecule has 0 atom stereocenters. The average molecular weight is 394 g/mol. The van der Waals surface area contributed by atoms with Gasteiger partial charge in [0.2, 0.25) is 6.79 Å². The Labute approximate surface area is 167 Å². The van der Waals surface area contributed by atoms with Crippen molar-refractivity contribution in [2.45, 2.75) is 44.7 Å². The monoisotopic (exact) mass is 394 g/mol. The van der Waals surface area contributed by atoms with Crippen molar-refractivity contribution in [3.8, 4) is 11.5 Å². The first-order valence-electron chi connectivity index (χ1n) is 9.81. The number of aromatic nitrogens is 1. The lowest BCUT2D eigenvalue weighted by atomic mass is 9.93. The molecule has 2 aromatic carbocycles. The molecule has 2 aliphatic rings. The Morgan fingerprint density at radius 2 is 2.04 bits per heavy atom. The van der Waals surface area contributed by atoms with Crippen molar-refractivity contribution in [2.24, 2.45) is 0 Å². The molecule has 1 aromatic heterocycles. The van der Waals surface area contributed by atoms with Gasteiger partial charge in [0, 0.05) is 17.2 Å². The number of thiazole rings is 1. The van der Waals surface area contributed by atoms with Gasteiger partial charge in [-0.15, -0.1) is 11.3 Å². The van der Waals surface area contributed by atoms with Crippen LogP contribution in [0.15, 0.2) is 41.9 Å². The normalized spacial score (nSPS) is 16.4. The first kappa shape index (κ1) is 17.5. The van der Waals surface area contributed by atoms with Crippen LogP contribution < -0.4 is 9.47 Å². The summed E-state index contributed by atoms with van der Waals surface area (Å²) in [5.74, 6) is 1.62. The summed E-state index contributed by atoms with van der Waals surface area (Å²) in [5.41, 5.74) is 4.50. The van der Waals surface area contributed by atoms with E-state index < -0.39 is 0 Å². The van der Waals surface area contributed by atoms with Crippen LogP contribution in [0.2, 0.25) is 0 Å². The van der Waals surface area contributed by atoms with E-state index in [0.29, 0.717) is 6.54 Å². The molecule has 1 saturated carbocycles. The number of benzene rings is 2. The van der Waals surface area contributed by atoms with Gasteiger partial charge in [0.05, 0.1) is 22.3 Å². The van der Waals surface area contributed by atoms with E-state index in [4.69, 9.17) is 9.47 Å². The summed E-state index contributed by atoms with van der Waals surface area (Å²) >= 11 is 1.57. The largest absolute Gasteiger partial charge is 0.454 e. The molecule has 0 spiro atoms. The highest BCUT2D eigenvalue weighted by molar-refractivity contribution is 7.16. The van der Waals surface area contributed by atoms with E-state index in [9.17, 15) is 4.79 Å². The predicted molar refractivity (Wildman–Crippen MR) is 109 cm³/mol. The lowest BCUT2D eigenvalue weighted by Crippen LogP contribution is -2.41. The van der Waals surface area contributed by atoms with Crippen LogP contribution in [0, 0.1) is 0 Å². The molecule has 0 saturated heterocycles. The van der Waals surface area contributed by atoms with Gasteiger partial charge in [-0.25, -0.2) is 4.98 Å². The Kier molecular flexibility index (Phi) is 4.64. The molecular weight excluding hydrogens is 372 g/mol. The van der Waals surface area contributed by atoms with Crippen molar-refractivity contribution >= 4 is 27.5 Å². The van der Waals surface area contributed by atoms with Crippen LogP contribution in [-0.2, 0) is 6.54 Å². The second kappa shape index (κ2) is 7.43. The first-order valence-corrected chi connectivity index (χ1v) is 10.7. The minimum Gasteiger partial charge on any atom is -0.454 e. The van der Waals surface area contributed by atoms with Crippen LogP contribution in [0.25, 0.3) is 10.2 Å². The molecular formula is C22H22N2O3S. The quantitative estimate of drug-likeness (QED) is 0.625. The summed E-state index contributed by atoms with van der Waals surface area (Å²) in [7, 11) is 0. The van der Waals surface area contributed by atoms with E-state index in [1.807, 2.05) is 46.8 Å². The molecule has 0 radical (unpaired) electrons. The Morgan fingerprint density at radius 3 is 2.93 bits per heavy atom. The Morgan fingerprint density at radius 1 is 1.14 bits per heavy atom. The van der Waals surface area contributed by atoms with Gasteiger partial charge in [0.15, 0.2) is 11.5 Å². The molecule has 144 valence electrons. The summed E-state index contributed by atoms with van der Waals surface area (Å²) in [4.78, 5) is 19.9. The number of rotatable bonds is 4. The molecule has 5 nitrogen and oxygen atoms in total. The number of ether oxygens (including phenoxy) is 2. The average Bonchev–Trinajstić information content (AvgIpc) is 3.41. The fourth-order valence-corrected chi connectivity index (χ4v) is 4.93. The molecule has 5 rings (SSSR count). The number of amides is 1. The number of hydrogen-bond donors (Lipinski definition) is 0. The number of hydrogen-bond acceptors (Lipinski definition) is 5. The fraction of sp³-hybridized carbons (Fsp3) is 0.364. The maximum absolute atomic E-state index is 13.6. The highest BCUT2D eigenvalue weighted by atomic mass is 32.1. The number of nitrogens with zero attached hydrogens (tertiary/aromatic N) is 2. The molecule has 3 aromatic rings. The third kappa shape index (κ3) is 3.22. The van der Waals surface area contributed by atoms with Gasteiger partial charge in [0.25, 0.3) is 5.91 Å². The van der Waals surface area contributed by atoms with Crippen molar-refractivity contribution in [3.05, 3.63) is 53.0 Å². The highest BCUT2D eigenvalue weighted by Gasteiger charge is 2.29. The van der Waals surface area contributed by atoms with Crippen LogP contribution in [0.4, 0.5) is 0 Å². The van der Waals surface area contributed by atoms with Gasteiger partial charge in [-0.05, 0) is 37.1 Å². The van der Waals surface area contributed by atoms with Crippen molar-refractivity contribution < 1.29 is 14.3 Å². The van der Waals surface area contributed by atoms with Gasteiger partial charge in [-0.1, -0.05) is 31.4 Å². The van der Waals surface area contributed by atoms with Gasteiger partial charge in [-0.2, -0.15) is 0 Å². The van der Waals surface area contributed by atoms with E-state index in [2.05, 4.69) is 4.98 Å². The topological polar surface area (TPSA) is 51.7 Å². The van der Waals surface area contributed by atoms with Crippen LogP contribution in [-0.4, -0.2) is 28.6 Å². The smallest absolute Gasteiger partial charge is 0.254 e. The number of carbonyl (C=O) groups is 1. The van der Waals surface area contributed by atoms with E-state index in [1.165, 1.54) is 19.3 Å². The summed E-state index contributed by atoms with van der Waals surface area (Å²) in [6.45, 7) is 0.780. The van der Waals surface area contributed by atoms with Crippen molar-refractivity contribution in [3.63, 3.8) is 0 Å². The standard InChI is InChI=1S/C22H22N2O3S/c25-22(15-9-10-18-20(11-15)28-13-23-18)24(17-6-2-1-3-7-17)12-16-5-4-8-19-21(16)27-14-26-19/h4-5,8-11,13,17H,1-3,6-7,12,14H2. The molecule has 1 aliphatic heterocycles. The lowest BCUT2D eigenvalue weighted by Gasteiger charge is -2.35. The zero-order chi connectivity index (χ0) is 18.9. The summed E-state index contributed by atoms with van der Waals surface area (Å²) < 4.78 is 12.3. The van der Waals surface area contributed by atoms with Crippen LogP contribution in [0.3, 0.4) is 0 Å². The molecule has 0 N–H and O–H groups in total. The number of para-hydroxylation sites is 1. The molecule has 2 heterocycles. The van der Waals surface area contributed by atoms with Crippen molar-refractivity contribution in [1.29, 1.82) is 0 Å². The second-order valence-corrected chi connectivity index (χ2v) is 8.30. The second-order valence-electron chi connectivity index (χ2n) is 7.41. The molecule has 0 bridgehead atoms. The van der Waals surface area contributed by atoms with Gasteiger partial charge >= 0.3 is 0 Å². The third-order valence-electron chi connectivity index (χ3n) is 5.67. The zero-order valence-electron chi connectivity index (χ0n) is 15.6. The number of carbonyl (C=O) groups excluding carboxylic acids is 1. The van der Waals surface area contributed by atoms with Crippen molar-refractivity contribution in [1.82, 2.24) is 9.88 Å². The molecule has 1 aliphatic carbocycles. The summed E-state index contributed by atoms with van der Waals surface area (Å²) in [5, 5.41) is 0. The van der Waals surface area contributed by atoms with E-state index in [0.717, 1.165) is 45.7 Å². The molecule has 28 heavy (non-hydrogen) atoms. The van der Waals surface area contributed by atoms with E-state index in [-0.39, 0.29) is 18.7 Å². The maximum Gasteiger partial charge on any atom is 0.254 e. The minimum atomic E-state index is 0.0821. The third-order valence-corrected chi connectivity index (χ3v) is 6.47. The molecule has 1 fully saturated rings. The minimum absolute atomic E-state index is 0.0821. The summed E-state index contributed by atoms with van der Waals surface area (Å²) in [6.07, 6.45) is 5.72. The Bertz CT molecular complexity index is 1010. The zero-order valence-corrected chi connectivity index (χ0v) is 16.4. The molecule has 1 amide bonds. The summed E-state index contributed by atoms with van der Waals surface area (Å²) in [6, 6.07) is 12.0. The molecule has 0 unspecified atom stereocenters. The van der Waals surface area contributed by atoms with Crippen LogP contribution in [0.1, 0.15) is 48.0 Å². The fourth-order valence-electron chi connectivity index (χ4n) is 4.21. The van der Waals surface area contributed by atoms with Crippen molar-refractivity contribution in [2.75, 3.05) is 6.79 Å². The van der Waals surface area contributed by atoms with Gasteiger partial charge < -0.3 is 14.4 Å². The molecule has 6 heteroatoms. The maximum atomic E-state index is 13.6. The highest BCUT2D eigenvalue weighted by Crippen LogP contribution is 2.37. The van der Waals surface area contributed by atoms with Crippen LogP contribution >= 0.6 is 11.3 Å². The Hall–Kier alpha value is -2.60.